The second-order valence-electron chi connectivity index (χ2n) is 33.1. The summed E-state index contributed by atoms with van der Waals surface area (Å²) >= 11 is 0. The standard InChI is InChI=1S/C16H30O3.C16H26O3.C13H22O3.2C11H20O2.4C10H18O3/c2*1-4-5-6-7-8-9-10-11-12-13-18-16(17)19-14-15(2)3;1-4-5-6-7-8-9-10-15-13(14)16-11-12(2)3;1-5-6-7-8-12-11(4)13-9-10(2)3;1-4-5-6-7-8-11(12)13-9-10(2)3;4*1-4-5-6-7-12-10(11)13-8-9(2)3/h4,15H,1,5-14H2,2-3H3;5-6,8-9,11-12,15H,4,7,10,13-14H2,1-3H3;5-6,8-9,12H,4,7,10-11H2,1-3H3;6-7,10H,4-5,8-9H2,1-3H3;5-6,10H,4,7-9H2,1-3H3;4*5-6,9H,4,7-8H2,1-3H3/b;6-5-,9-8-,12-11-;6-5-,9-8-;7-6-;2*6-5+;3*6-5-. The summed E-state index contributed by atoms with van der Waals surface area (Å²) in [5, 5.41) is 0. The van der Waals surface area contributed by atoms with Gasteiger partial charge >= 0.3 is 49.1 Å². The molecular weight excluding hydrogens is 1690 g/mol. The lowest BCUT2D eigenvalue weighted by Crippen LogP contribution is -2.12. The summed E-state index contributed by atoms with van der Waals surface area (Å²) in [6.07, 6.45) is 62.7. The topological polar surface area (TPSA) is 293 Å². The molecule has 0 aliphatic carbocycles. The Bertz CT molecular complexity index is 2650. The minimum atomic E-state index is -0.599. The molecule has 0 aromatic rings. The van der Waals surface area contributed by atoms with Crippen LogP contribution in [0.15, 0.2) is 159 Å². The molecule has 0 aliphatic heterocycles. The van der Waals surface area contributed by atoms with Crippen molar-refractivity contribution in [2.45, 2.75) is 315 Å². The van der Waals surface area contributed by atoms with E-state index in [2.05, 4.69) is 103 Å². The minimum absolute atomic E-state index is 0.0885. The first-order valence-corrected chi connectivity index (χ1v) is 48.4. The van der Waals surface area contributed by atoms with Gasteiger partial charge in [-0.3, -0.25) is 4.79 Å². The molecule has 0 heterocycles. The Balaban J connectivity index is -0.000000185. The van der Waals surface area contributed by atoms with Crippen LogP contribution in [0.4, 0.5) is 33.6 Å². The number of ether oxygens (including phenoxy) is 17. The van der Waals surface area contributed by atoms with Crippen LogP contribution in [-0.4, -0.2) is 161 Å². The highest BCUT2D eigenvalue weighted by Crippen LogP contribution is 2.11. The lowest BCUT2D eigenvalue weighted by atomic mass is 10.1. The Morgan fingerprint density at radius 3 is 0.667 bits per heavy atom. The van der Waals surface area contributed by atoms with E-state index in [0.717, 1.165) is 96.3 Å². The van der Waals surface area contributed by atoms with Gasteiger partial charge in [0, 0.05) is 6.42 Å². The summed E-state index contributed by atoms with van der Waals surface area (Å²) in [7, 11) is 0. The first-order valence-electron chi connectivity index (χ1n) is 48.4. The Morgan fingerprint density at radius 1 is 0.212 bits per heavy atom. The van der Waals surface area contributed by atoms with Crippen molar-refractivity contribution in [3.8, 4) is 0 Å². The quantitative estimate of drug-likeness (QED) is 0.0180. The van der Waals surface area contributed by atoms with Gasteiger partial charge in [-0.25, -0.2) is 33.6 Å². The van der Waals surface area contributed by atoms with Crippen molar-refractivity contribution in [3.05, 3.63) is 159 Å². The van der Waals surface area contributed by atoms with Gasteiger partial charge in [-0.05, 0) is 156 Å². The molecule has 0 N–H and O–H groups in total. The average molecular weight is 1880 g/mol. The number of allylic oxidation sites excluding steroid dienone is 16. The van der Waals surface area contributed by atoms with Gasteiger partial charge in [0.15, 0.2) is 0 Å². The van der Waals surface area contributed by atoms with E-state index in [4.69, 9.17) is 80.5 Å². The van der Waals surface area contributed by atoms with Crippen LogP contribution in [0, 0.1) is 53.3 Å². The molecule has 768 valence electrons. The molecule has 0 aromatic heterocycles. The van der Waals surface area contributed by atoms with Crippen molar-refractivity contribution in [2.24, 2.45) is 53.3 Å². The Labute approximate surface area is 803 Å². The molecule has 0 aromatic carbocycles. The van der Waals surface area contributed by atoms with Crippen LogP contribution >= 0.6 is 0 Å². The zero-order chi connectivity index (χ0) is 102. The highest BCUT2D eigenvalue weighted by atomic mass is 16.8. The second kappa shape index (κ2) is 118. The Hall–Kier alpha value is -9.42. The fourth-order valence-electron chi connectivity index (χ4n) is 7.78. The van der Waals surface area contributed by atoms with Crippen LogP contribution in [0.25, 0.3) is 0 Å². The van der Waals surface area contributed by atoms with Gasteiger partial charge < -0.3 is 80.5 Å². The van der Waals surface area contributed by atoms with E-state index in [-0.39, 0.29) is 19.2 Å². The molecule has 0 radical (unpaired) electrons. The number of carbonyl (C=O) groups excluding carboxylic acids is 8. The summed E-state index contributed by atoms with van der Waals surface area (Å²) in [5.41, 5.74) is 0. The lowest BCUT2D eigenvalue weighted by molar-refractivity contribution is -0.144. The highest BCUT2D eigenvalue weighted by molar-refractivity contribution is 5.69. The van der Waals surface area contributed by atoms with Gasteiger partial charge in [-0.15, -0.1) is 6.58 Å². The third kappa shape index (κ3) is 158. The first kappa shape index (κ1) is 140. The van der Waals surface area contributed by atoms with Gasteiger partial charge in [0.05, 0.1) is 66.1 Å². The van der Waals surface area contributed by atoms with E-state index in [0.29, 0.717) is 165 Å². The Kier molecular flexibility index (Phi) is 125. The normalized spacial score (nSPS) is 11.0. The van der Waals surface area contributed by atoms with Crippen LogP contribution in [0.2, 0.25) is 0 Å². The van der Waals surface area contributed by atoms with E-state index >= 15 is 0 Å². The minimum Gasteiger partial charge on any atom is -0.466 e. The summed E-state index contributed by atoms with van der Waals surface area (Å²) < 4.78 is 82.9. The molecule has 0 spiro atoms. The van der Waals surface area contributed by atoms with Crippen LogP contribution in [0.1, 0.15) is 315 Å². The van der Waals surface area contributed by atoms with Crippen molar-refractivity contribution in [3.63, 3.8) is 0 Å². The van der Waals surface area contributed by atoms with Crippen LogP contribution in [-0.2, 0) is 85.3 Å². The van der Waals surface area contributed by atoms with Crippen molar-refractivity contribution in [1.82, 2.24) is 0 Å². The van der Waals surface area contributed by atoms with E-state index in [1.165, 1.54) is 32.1 Å². The molecule has 0 atom stereocenters. The summed E-state index contributed by atoms with van der Waals surface area (Å²) in [4.78, 5) is 87.6. The van der Waals surface area contributed by atoms with Gasteiger partial charge in [0.2, 0.25) is 0 Å². The third-order valence-electron chi connectivity index (χ3n) is 14.3. The van der Waals surface area contributed by atoms with Crippen molar-refractivity contribution in [2.75, 3.05) is 112 Å². The number of rotatable bonds is 61. The summed E-state index contributed by atoms with van der Waals surface area (Å²) in [5.74, 6) is 3.66. The number of hydrogen-bond acceptors (Lipinski definition) is 25. The van der Waals surface area contributed by atoms with Crippen LogP contribution in [0.3, 0.4) is 0 Å². The van der Waals surface area contributed by atoms with Crippen LogP contribution in [0.5, 0.6) is 0 Å². The third-order valence-corrected chi connectivity index (χ3v) is 14.3. The summed E-state index contributed by atoms with van der Waals surface area (Å²) in [6, 6.07) is 0. The largest absolute Gasteiger partial charge is 0.508 e. The fourth-order valence-corrected chi connectivity index (χ4v) is 7.78. The number of hydrogen-bond donors (Lipinski definition) is 0. The van der Waals surface area contributed by atoms with Gasteiger partial charge in [-0.2, -0.15) is 0 Å². The maximum atomic E-state index is 11.1. The first-order chi connectivity index (χ1) is 63.0. The molecular formula is C107H190O25. The number of esters is 1. The molecule has 0 saturated carbocycles. The van der Waals surface area contributed by atoms with Crippen molar-refractivity contribution in [1.29, 1.82) is 0 Å². The molecule has 25 nitrogen and oxygen atoms in total. The highest BCUT2D eigenvalue weighted by Gasteiger charge is 2.11. The van der Waals surface area contributed by atoms with E-state index in [1.54, 1.807) is 24.3 Å². The van der Waals surface area contributed by atoms with Crippen molar-refractivity contribution < 1.29 is 119 Å². The van der Waals surface area contributed by atoms with E-state index in [1.807, 2.05) is 205 Å². The number of unbranched alkanes of at least 4 members (excludes halogenated alkanes) is 7. The van der Waals surface area contributed by atoms with E-state index < -0.39 is 43.1 Å². The molecule has 25 heteroatoms. The zero-order valence-electron chi connectivity index (χ0n) is 87.5. The number of carbonyl (C=O) groups is 8. The van der Waals surface area contributed by atoms with Gasteiger partial charge in [-0.1, -0.05) is 352 Å². The predicted molar refractivity (Wildman–Crippen MR) is 540 cm³/mol. The summed E-state index contributed by atoms with van der Waals surface area (Å²) in [6.45, 7) is 66.6. The molecule has 0 rings (SSSR count). The maximum absolute atomic E-state index is 11.1. The lowest BCUT2D eigenvalue weighted by Gasteiger charge is -2.10. The van der Waals surface area contributed by atoms with Gasteiger partial charge in [0.1, 0.15) is 46.2 Å². The SMILES string of the molecule is C=C(OC/C=C\CC)OCC(C)C.C=CCCCCCCCCCOC(=O)OCC(C)C.CC/C=C/CCC(=O)OCC(C)C.CC/C=C/COC(=O)OCC(C)C.CC/C=C\C/C=C\C/C=C\COC(=O)OCC(C)C.CC/C=C\C/C=C\COC(=O)OCC(C)C.CC/C=C\COC(=O)OCC(C)C.CC/C=C\COC(=O)OCC(C)C.CC/C=C\COC(=O)OCC(C)C. The van der Waals surface area contributed by atoms with Gasteiger partial charge in [0.25, 0.3) is 5.95 Å². The predicted octanol–water partition coefficient (Wildman–Crippen LogP) is 30.6. The molecule has 132 heavy (non-hydrogen) atoms. The second-order valence-corrected chi connectivity index (χ2v) is 33.1. The molecule has 0 aliphatic rings. The monoisotopic (exact) mass is 1880 g/mol. The molecule has 0 unspecified atom stereocenters. The molecule has 0 fully saturated rings. The maximum Gasteiger partial charge on any atom is 0.508 e. The van der Waals surface area contributed by atoms with E-state index in [9.17, 15) is 38.4 Å². The molecule has 0 amide bonds. The molecule has 0 saturated heterocycles. The van der Waals surface area contributed by atoms with Crippen molar-refractivity contribution >= 4 is 49.1 Å². The zero-order valence-corrected chi connectivity index (χ0v) is 87.5. The average Bonchev–Trinajstić information content (AvgIpc) is 1.04. The fraction of sp³-hybridized carbons (Fsp3) is 0.682. The van der Waals surface area contributed by atoms with Crippen LogP contribution < -0.4 is 0 Å². The smallest absolute Gasteiger partial charge is 0.466 e. The molecule has 0 bridgehead atoms. The Morgan fingerprint density at radius 2 is 0.409 bits per heavy atom.